The van der Waals surface area contributed by atoms with Crippen LogP contribution in [0.3, 0.4) is 0 Å². The molecule has 48 heavy (non-hydrogen) atoms. The first-order valence-corrected chi connectivity index (χ1v) is 21.2. The number of para-hydroxylation sites is 1. The predicted octanol–water partition coefficient (Wildman–Crippen LogP) is 5.46. The Labute approximate surface area is 279 Å². The molecule has 0 radical (unpaired) electrons. The van der Waals surface area contributed by atoms with Gasteiger partial charge in [0.1, 0.15) is 30.0 Å². The molecule has 0 aliphatic rings. The molecule has 0 bridgehead atoms. The number of nitrogens with zero attached hydrogens (tertiary/aromatic N) is 7. The number of benzene rings is 1. The molecule has 6 rings (SSSR count). The highest BCUT2D eigenvalue weighted by atomic mass is 32.2. The topological polar surface area (TPSA) is 150 Å². The molecule has 2 N–H and O–H groups in total. The normalized spacial score (nSPS) is 12.9. The molecule has 0 aliphatic carbocycles. The molecule has 5 aromatic heterocycles. The second-order valence-corrected chi connectivity index (χ2v) is 20.5. The van der Waals surface area contributed by atoms with E-state index in [4.69, 9.17) is 9.84 Å². The van der Waals surface area contributed by atoms with Gasteiger partial charge in [-0.1, -0.05) is 37.8 Å². The number of nitrogens with one attached hydrogen (secondary N) is 2. The van der Waals surface area contributed by atoms with Crippen molar-refractivity contribution in [2.75, 3.05) is 22.9 Å². The molecule has 5 heterocycles. The Hall–Kier alpha value is -4.86. The average Bonchev–Trinajstić information content (AvgIpc) is 3.59. The molecule has 15 heteroatoms. The smallest absolute Gasteiger partial charge is 0.282 e. The van der Waals surface area contributed by atoms with Gasteiger partial charge in [-0.05, 0) is 49.7 Å². The summed E-state index contributed by atoms with van der Waals surface area (Å²) in [6.45, 7) is 11.6. The molecule has 6 aromatic rings. The first-order valence-electron chi connectivity index (χ1n) is 15.6. The van der Waals surface area contributed by atoms with Gasteiger partial charge >= 0.3 is 0 Å². The van der Waals surface area contributed by atoms with Crippen molar-refractivity contribution in [1.29, 1.82) is 0 Å². The van der Waals surface area contributed by atoms with Crippen LogP contribution in [0.2, 0.25) is 25.7 Å². The number of fused-ring (bicyclic) bond motifs is 2. The number of ether oxygens (including phenoxy) is 1. The van der Waals surface area contributed by atoms with Gasteiger partial charge in [-0.2, -0.15) is 5.10 Å². The van der Waals surface area contributed by atoms with Crippen molar-refractivity contribution in [2.24, 2.45) is 0 Å². The lowest BCUT2D eigenvalue weighted by molar-refractivity contribution is 0.0899. The summed E-state index contributed by atoms with van der Waals surface area (Å²) >= 11 is 0. The second-order valence-electron chi connectivity index (χ2n) is 13.1. The van der Waals surface area contributed by atoms with Gasteiger partial charge in [0.15, 0.2) is 5.82 Å². The number of hydrogen-bond donors (Lipinski definition) is 2. The monoisotopic (exact) mass is 685 g/mol. The fourth-order valence-electron chi connectivity index (χ4n) is 5.56. The van der Waals surface area contributed by atoms with Gasteiger partial charge in [-0.15, -0.1) is 0 Å². The highest BCUT2D eigenvalue weighted by Gasteiger charge is 2.23. The maximum absolute atomic E-state index is 13.9. The van der Waals surface area contributed by atoms with Crippen molar-refractivity contribution in [3.8, 4) is 16.8 Å². The lowest BCUT2D eigenvalue weighted by Gasteiger charge is -2.20. The zero-order valence-corrected chi connectivity index (χ0v) is 29.6. The third kappa shape index (κ3) is 7.02. The molecule has 250 valence electrons. The summed E-state index contributed by atoms with van der Waals surface area (Å²) in [6, 6.07) is 13.5. The number of sulfonamides is 1. The fraction of sp³-hybridized carbons (Fsp3) is 0.303. The molecular weight excluding hydrogens is 647 g/mol. The van der Waals surface area contributed by atoms with Gasteiger partial charge in [0.05, 0.1) is 35.3 Å². The Morgan fingerprint density at radius 1 is 1.06 bits per heavy atom. The van der Waals surface area contributed by atoms with Crippen molar-refractivity contribution in [3.63, 3.8) is 0 Å². The zero-order valence-electron chi connectivity index (χ0n) is 27.8. The van der Waals surface area contributed by atoms with Crippen LogP contribution in [0.1, 0.15) is 24.4 Å². The minimum absolute atomic E-state index is 0.182. The lowest BCUT2D eigenvalue weighted by Crippen LogP contribution is -2.29. The van der Waals surface area contributed by atoms with Crippen molar-refractivity contribution >= 4 is 46.2 Å². The summed E-state index contributed by atoms with van der Waals surface area (Å²) in [7, 11) is -4.82. The molecule has 0 saturated heterocycles. The van der Waals surface area contributed by atoms with Crippen LogP contribution in [-0.2, 0) is 21.5 Å². The number of pyridine rings is 1. The van der Waals surface area contributed by atoms with E-state index in [0.29, 0.717) is 51.7 Å². The van der Waals surface area contributed by atoms with Crippen molar-refractivity contribution in [2.45, 2.75) is 52.3 Å². The summed E-state index contributed by atoms with van der Waals surface area (Å²) in [5.74, 6) is 0.986. The van der Waals surface area contributed by atoms with Gasteiger partial charge in [0, 0.05) is 44.4 Å². The number of rotatable bonds is 12. The first kappa shape index (κ1) is 33.1. The Morgan fingerprint density at radius 3 is 2.56 bits per heavy atom. The maximum Gasteiger partial charge on any atom is 0.282 e. The highest BCUT2D eigenvalue weighted by Crippen LogP contribution is 2.36. The second kappa shape index (κ2) is 13.0. The van der Waals surface area contributed by atoms with Crippen LogP contribution in [0.25, 0.3) is 33.4 Å². The maximum atomic E-state index is 13.9. The van der Waals surface area contributed by atoms with Crippen LogP contribution in [0.4, 0.5) is 11.5 Å². The van der Waals surface area contributed by atoms with E-state index in [1.54, 1.807) is 27.5 Å². The Bertz CT molecular complexity index is 2280. The molecule has 1 atom stereocenters. The van der Waals surface area contributed by atoms with E-state index in [9.17, 15) is 13.2 Å². The molecule has 0 spiro atoms. The van der Waals surface area contributed by atoms with E-state index in [1.807, 2.05) is 61.0 Å². The van der Waals surface area contributed by atoms with Crippen LogP contribution in [0.15, 0.2) is 78.4 Å². The third-order valence-electron chi connectivity index (χ3n) is 7.90. The Balaban J connectivity index is 1.46. The van der Waals surface area contributed by atoms with Crippen molar-refractivity contribution in [3.05, 3.63) is 95.3 Å². The number of aromatic nitrogens is 7. The SMILES string of the molecule is Cc1ccn2nc([C@H](C)Nc3ncnc4c3c(-c3cncc(NS(C)(=O)=O)c3)cn4COCC[Si](C)(C)C)n(-c3ccccc3)c(=O)c12. The zero-order chi connectivity index (χ0) is 34.2. The predicted molar refractivity (Wildman–Crippen MR) is 191 cm³/mol. The minimum Gasteiger partial charge on any atom is -0.361 e. The van der Waals surface area contributed by atoms with Crippen LogP contribution in [-0.4, -0.2) is 63.1 Å². The summed E-state index contributed by atoms with van der Waals surface area (Å²) in [5.41, 5.74) is 4.18. The average molecular weight is 686 g/mol. The largest absolute Gasteiger partial charge is 0.361 e. The first-order chi connectivity index (χ1) is 22.8. The van der Waals surface area contributed by atoms with E-state index in [0.717, 1.165) is 23.4 Å². The van der Waals surface area contributed by atoms with Crippen LogP contribution >= 0.6 is 0 Å². The van der Waals surface area contributed by atoms with E-state index >= 15 is 0 Å². The third-order valence-corrected chi connectivity index (χ3v) is 10.2. The molecule has 0 fully saturated rings. The Kier molecular flexibility index (Phi) is 8.93. The molecule has 0 saturated carbocycles. The lowest BCUT2D eigenvalue weighted by atomic mass is 10.1. The molecule has 0 amide bonds. The van der Waals surface area contributed by atoms with Gasteiger partial charge in [0.2, 0.25) is 10.0 Å². The summed E-state index contributed by atoms with van der Waals surface area (Å²) in [6.07, 6.45) is 9.39. The van der Waals surface area contributed by atoms with E-state index in [-0.39, 0.29) is 12.3 Å². The van der Waals surface area contributed by atoms with E-state index in [1.165, 1.54) is 12.5 Å². The van der Waals surface area contributed by atoms with E-state index < -0.39 is 24.1 Å². The molecule has 0 unspecified atom stereocenters. The van der Waals surface area contributed by atoms with E-state index in [2.05, 4.69) is 44.6 Å². The standard InChI is InChI=1S/C33H39N9O4SSi/c1-22-12-13-41-29(22)33(43)42(26-10-8-7-9-11-26)31(38-41)23(2)37-30-28-27(24-16-25(18-34-17-24)39-47(3,44)45)19-40(32(28)36-20-35-30)21-46-14-15-48(4,5)6/h7-13,16-20,23,39H,14-15,21H2,1-6H3,(H,35,36,37)/t23-/m0/s1. The number of hydrogen-bond acceptors (Lipinski definition) is 9. The summed E-state index contributed by atoms with van der Waals surface area (Å²) in [5, 5.41) is 9.08. The Morgan fingerprint density at radius 2 is 1.83 bits per heavy atom. The van der Waals surface area contributed by atoms with Gasteiger partial charge in [-0.25, -0.2) is 22.9 Å². The summed E-state index contributed by atoms with van der Waals surface area (Å²) < 4.78 is 37.8. The molecule has 13 nitrogen and oxygen atoms in total. The molecule has 0 aliphatic heterocycles. The van der Waals surface area contributed by atoms with Crippen molar-refractivity contribution in [1.82, 2.24) is 33.7 Å². The van der Waals surface area contributed by atoms with Crippen LogP contribution < -0.4 is 15.6 Å². The number of aryl methyl sites for hydroxylation is 1. The van der Waals surface area contributed by atoms with Gasteiger partial charge in [0.25, 0.3) is 5.56 Å². The molecular formula is C33H39N9O4SSi. The highest BCUT2D eigenvalue weighted by molar-refractivity contribution is 7.92. The van der Waals surface area contributed by atoms with Gasteiger partial charge < -0.3 is 14.6 Å². The quantitative estimate of drug-likeness (QED) is 0.127. The van der Waals surface area contributed by atoms with Crippen molar-refractivity contribution < 1.29 is 13.2 Å². The van der Waals surface area contributed by atoms with Gasteiger partial charge in [-0.3, -0.25) is 19.1 Å². The number of anilines is 2. The summed E-state index contributed by atoms with van der Waals surface area (Å²) in [4.78, 5) is 27.5. The fourth-order valence-corrected chi connectivity index (χ4v) is 6.85. The minimum atomic E-state index is -3.53. The van der Waals surface area contributed by atoms with Crippen LogP contribution in [0, 0.1) is 6.92 Å². The molecule has 1 aromatic carbocycles. The van der Waals surface area contributed by atoms with Crippen LogP contribution in [0.5, 0.6) is 0 Å².